The van der Waals surface area contributed by atoms with Crippen LogP contribution in [0.15, 0.2) is 48.1 Å². The van der Waals surface area contributed by atoms with E-state index in [1.807, 2.05) is 6.92 Å². The van der Waals surface area contributed by atoms with E-state index < -0.39 is 143 Å². The number of hydrogen-bond acceptors (Lipinski definition) is 19. The molecule has 10 N–H and O–H groups in total. The van der Waals surface area contributed by atoms with E-state index in [9.17, 15) is 48.3 Å². The number of rotatable bonds is 24. The van der Waals surface area contributed by atoms with Crippen LogP contribution >= 0.6 is 23.8 Å². The minimum Gasteiger partial charge on any atom is -0.495 e. The summed E-state index contributed by atoms with van der Waals surface area (Å²) in [7, 11) is 4.22. The molecule has 4 bridgehead atoms. The molecule has 9 atom stereocenters. The van der Waals surface area contributed by atoms with Gasteiger partial charge in [-0.05, 0) is 68.9 Å². The van der Waals surface area contributed by atoms with Gasteiger partial charge in [-0.3, -0.25) is 34.6 Å². The van der Waals surface area contributed by atoms with Crippen LogP contribution in [0.3, 0.4) is 0 Å². The van der Waals surface area contributed by atoms with Crippen molar-refractivity contribution in [2.45, 2.75) is 134 Å². The van der Waals surface area contributed by atoms with Gasteiger partial charge in [0.1, 0.15) is 58.4 Å². The third-order valence-electron chi connectivity index (χ3n) is 15.1. The zero-order chi connectivity index (χ0) is 66.2. The summed E-state index contributed by atoms with van der Waals surface area (Å²) >= 11 is 12.2. The number of imide groups is 1. The lowest BCUT2D eigenvalue weighted by atomic mass is 9.83. The van der Waals surface area contributed by atoms with Crippen LogP contribution < -0.4 is 52.6 Å². The Bertz CT molecular complexity index is 3080. The number of anilines is 3. The lowest BCUT2D eigenvalue weighted by Gasteiger charge is -2.42. The molecular formula is C58H77ClF2N10O18S. The lowest BCUT2D eigenvalue weighted by molar-refractivity contribution is -0.198. The highest BCUT2D eigenvalue weighted by Gasteiger charge is 2.64. The minimum absolute atomic E-state index is 0.0276. The number of benzene rings is 2. The number of aliphatic hydroxyl groups is 1. The van der Waals surface area contributed by atoms with Crippen LogP contribution in [0.25, 0.3) is 0 Å². The summed E-state index contributed by atoms with van der Waals surface area (Å²) in [5.41, 5.74) is 2.03. The maximum absolute atomic E-state index is 16.1. The van der Waals surface area contributed by atoms with Crippen LogP contribution in [-0.2, 0) is 68.4 Å². The van der Waals surface area contributed by atoms with Crippen molar-refractivity contribution in [3.63, 3.8) is 0 Å². The topological polar surface area (TPSA) is 368 Å². The van der Waals surface area contributed by atoms with Gasteiger partial charge in [0.05, 0.1) is 69.5 Å². The second-order valence-corrected chi connectivity index (χ2v) is 23.0. The molecule has 2 aromatic carbocycles. The molecule has 28 nitrogen and oxygen atoms in total. The Morgan fingerprint density at radius 2 is 1.59 bits per heavy atom. The van der Waals surface area contributed by atoms with Gasteiger partial charge in [-0.15, -0.1) is 5.06 Å². The summed E-state index contributed by atoms with van der Waals surface area (Å²) in [6, 6.07) is 1.20. The predicted molar refractivity (Wildman–Crippen MR) is 322 cm³/mol. The van der Waals surface area contributed by atoms with Crippen molar-refractivity contribution in [1.29, 1.82) is 0 Å². The number of alkyl carbamates (subject to hydrolysis) is 1. The van der Waals surface area contributed by atoms with Gasteiger partial charge in [0.2, 0.25) is 17.7 Å². The summed E-state index contributed by atoms with van der Waals surface area (Å²) in [6.45, 7) is 8.90. The maximum atomic E-state index is 16.1. The number of methoxy groups -OCH3 is 2. The molecular weight excluding hydrogens is 1230 g/mol. The fourth-order valence-corrected chi connectivity index (χ4v) is 10.7. The first-order chi connectivity index (χ1) is 42.6. The van der Waals surface area contributed by atoms with Crippen molar-refractivity contribution in [2.24, 2.45) is 17.6 Å². The number of thiocarbonyl (C=S) groups is 1. The number of fused-ring (bicyclic) bond motifs is 5. The van der Waals surface area contributed by atoms with Gasteiger partial charge in [0.15, 0.2) is 10.8 Å². The number of epoxide rings is 1. The number of nitrogens with two attached hydrogens (primary N) is 1. The van der Waals surface area contributed by atoms with Gasteiger partial charge in [0, 0.05) is 64.6 Å². The van der Waals surface area contributed by atoms with E-state index in [0.29, 0.717) is 29.2 Å². The number of ether oxygens (including phenoxy) is 7. The third kappa shape index (κ3) is 19.4. The van der Waals surface area contributed by atoms with Crippen molar-refractivity contribution in [3.8, 4) is 5.75 Å². The molecule has 3 saturated heterocycles. The minimum atomic E-state index is -1.97. The number of carbonyl (C=O) groups excluding carboxylic acids is 9. The second kappa shape index (κ2) is 32.3. The van der Waals surface area contributed by atoms with Crippen LogP contribution in [0.5, 0.6) is 5.75 Å². The number of hydroxylamine groups is 2. The number of carbonyl (C=O) groups is 9. The Morgan fingerprint density at radius 3 is 2.23 bits per heavy atom. The van der Waals surface area contributed by atoms with E-state index >= 15 is 8.78 Å². The van der Waals surface area contributed by atoms with Gasteiger partial charge in [-0.25, -0.2) is 28.0 Å². The van der Waals surface area contributed by atoms with E-state index in [4.69, 9.17) is 67.5 Å². The van der Waals surface area contributed by atoms with Crippen molar-refractivity contribution < 1.29 is 95.0 Å². The van der Waals surface area contributed by atoms with E-state index in [1.165, 1.54) is 26.2 Å². The molecule has 90 heavy (non-hydrogen) atoms. The van der Waals surface area contributed by atoms with Crippen LogP contribution in [0.4, 0.5) is 40.2 Å². The van der Waals surface area contributed by atoms with E-state index in [2.05, 4.69) is 37.2 Å². The second-order valence-electron chi connectivity index (χ2n) is 22.3. The van der Waals surface area contributed by atoms with E-state index in [0.717, 1.165) is 5.57 Å². The highest BCUT2D eigenvalue weighted by Crippen LogP contribution is 2.49. The fourth-order valence-electron chi connectivity index (χ4n) is 10.1. The first kappa shape index (κ1) is 71.3. The highest BCUT2D eigenvalue weighted by atomic mass is 35.5. The van der Waals surface area contributed by atoms with Crippen LogP contribution in [0.1, 0.15) is 85.1 Å². The van der Waals surface area contributed by atoms with Gasteiger partial charge in [0.25, 0.3) is 11.8 Å². The summed E-state index contributed by atoms with van der Waals surface area (Å²) in [6.07, 6.45) is -2.52. The molecule has 32 heteroatoms. The summed E-state index contributed by atoms with van der Waals surface area (Å²) < 4.78 is 72.0. The normalized spacial score (nSPS) is 24.2. The zero-order valence-corrected chi connectivity index (χ0v) is 52.5. The van der Waals surface area contributed by atoms with Gasteiger partial charge >= 0.3 is 24.2 Å². The Kier molecular flexibility index (Phi) is 25.6. The molecule has 9 amide bonds. The molecule has 0 saturated carbocycles. The fraction of sp³-hybridized carbons (Fsp3) is 0.552. The van der Waals surface area contributed by atoms with Crippen LogP contribution in [0.2, 0.25) is 5.02 Å². The van der Waals surface area contributed by atoms with Crippen LogP contribution in [0, 0.1) is 23.5 Å². The summed E-state index contributed by atoms with van der Waals surface area (Å²) in [4.78, 5) is 122. The van der Waals surface area contributed by atoms with Crippen molar-refractivity contribution in [2.75, 3.05) is 76.3 Å². The number of halogens is 3. The molecule has 6 rings (SSSR count). The molecule has 4 aliphatic heterocycles. The Morgan fingerprint density at radius 1 is 0.922 bits per heavy atom. The van der Waals surface area contributed by atoms with Crippen molar-refractivity contribution in [1.82, 2.24) is 31.6 Å². The summed E-state index contributed by atoms with van der Waals surface area (Å²) in [5, 5.41) is 30.1. The lowest BCUT2D eigenvalue weighted by Crippen LogP contribution is -2.63. The number of amides is 9. The molecule has 3 fully saturated rings. The number of urea groups is 1. The SMILES string of the molecule is COc1cc2cc(c1Cl)N(C)C(=O)C[C@H](OC(=O)Nc1cc(F)c(NC(=O)[C@H](CCCNC(N)=O)NC(=O)[C@@H](NC(=S)NCCOCCOCCC(=O)ON3C(=O)CCC3=O)C(C)C)cc1F)[C@]1(C)O[C@H]1[C@H](C)[C@@H]1C[C@@](O)(NC(=O)O1)[C@H](OC)/C=C/C=C(\C)C2. The van der Waals surface area contributed by atoms with Gasteiger partial charge in [-0.1, -0.05) is 56.2 Å². The largest absolute Gasteiger partial charge is 0.495 e. The standard InChI is InChI=1S/C58H77ClF2N10O18S/c1-30(2)49(68-54(90)64-18-20-85-22-21-84-19-16-47(75)89-71-44(72)14-15-45(71)73)52(77)65-36(12-10-17-63-53(62)78)51(76)66-37-26-35(61)38(27-34(37)60)67-55(79)87-43-28-46(74)70(6)39-24-33(25-40(82-7)48(39)59)23-31(3)11-9-13-42(83-8)58(81)29-41(86-56(80)69-58)32(4)50-57(43,5)88-50/h9,11,13,24-27,30,32,36,41-43,49-50,81H,10,12,14-23,28-29H2,1-8H3,(H,65,77)(H,66,76)(H,67,79)(H,69,80)(H3,62,63,78)(H2,64,68,90)/b13-9+,31-11+/t32-,36+,41+,42-,43+,49+,50+,57+,58+/m1/s1. The Balaban J connectivity index is 1.11. The number of allylic oxidation sites excluding steroid dienone is 3. The first-order valence-corrected chi connectivity index (χ1v) is 29.6. The number of primary amides is 1. The third-order valence-corrected chi connectivity index (χ3v) is 15.8. The molecule has 2 aromatic rings. The average molecular weight is 1310 g/mol. The number of nitrogens with zero attached hydrogens (tertiary/aromatic N) is 2. The number of hydrogen-bond donors (Lipinski definition) is 9. The molecule has 0 aliphatic carbocycles. The predicted octanol–water partition coefficient (Wildman–Crippen LogP) is 4.04. The summed E-state index contributed by atoms with van der Waals surface area (Å²) in [5.74, 6) is -7.79. The Hall–Kier alpha value is -7.81. The quantitative estimate of drug-likeness (QED) is 0.0310. The average Bonchev–Trinajstić information content (AvgIpc) is 1.57. The molecule has 0 unspecified atom stereocenters. The highest BCUT2D eigenvalue weighted by molar-refractivity contribution is 7.80. The monoisotopic (exact) mass is 1310 g/mol. The molecule has 4 heterocycles. The zero-order valence-electron chi connectivity index (χ0n) is 51.0. The van der Waals surface area contributed by atoms with Crippen molar-refractivity contribution in [3.05, 3.63) is 70.3 Å². The molecule has 4 aliphatic rings. The smallest absolute Gasteiger partial charge is 0.412 e. The molecule has 494 valence electrons. The van der Waals surface area contributed by atoms with Crippen LogP contribution in [-0.4, -0.2) is 178 Å². The first-order valence-electron chi connectivity index (χ1n) is 28.8. The van der Waals surface area contributed by atoms with Gasteiger partial charge < -0.3 is 80.3 Å². The molecule has 0 spiro atoms. The maximum Gasteiger partial charge on any atom is 0.412 e. The molecule has 0 radical (unpaired) electrons. The van der Waals surface area contributed by atoms with E-state index in [-0.39, 0.29) is 99.6 Å². The number of nitrogens with one attached hydrogen (secondary N) is 7. The molecule has 0 aromatic heterocycles. The van der Waals surface area contributed by atoms with E-state index in [1.54, 1.807) is 58.1 Å². The Labute approximate surface area is 528 Å². The van der Waals surface area contributed by atoms with Gasteiger partial charge in [-0.2, -0.15) is 0 Å². The van der Waals surface area contributed by atoms with Crippen molar-refractivity contribution >= 4 is 99.7 Å².